The van der Waals surface area contributed by atoms with Gasteiger partial charge in [0.1, 0.15) is 0 Å². The molecule has 15 heavy (non-hydrogen) atoms. The van der Waals surface area contributed by atoms with Gasteiger partial charge in [0.25, 0.3) is 0 Å². The summed E-state index contributed by atoms with van der Waals surface area (Å²) in [5.74, 6) is 1.02. The van der Waals surface area contributed by atoms with Gasteiger partial charge in [0.2, 0.25) is 0 Å². The van der Waals surface area contributed by atoms with Crippen LogP contribution in [0.2, 0.25) is 0 Å². The van der Waals surface area contributed by atoms with Crippen LogP contribution in [-0.2, 0) is 12.8 Å². The second kappa shape index (κ2) is 3.44. The largest absolute Gasteiger partial charge is 0.150 e. The molecule has 2 heteroatoms. The lowest BCUT2D eigenvalue weighted by molar-refractivity contribution is 0.421. The van der Waals surface area contributed by atoms with Gasteiger partial charge in [-0.2, -0.15) is 4.91 Å². The lowest BCUT2D eigenvalue weighted by Gasteiger charge is -2.12. The van der Waals surface area contributed by atoms with Gasteiger partial charge in [-0.25, -0.2) is 0 Å². The Bertz CT molecular complexity index is 355. The van der Waals surface area contributed by atoms with Crippen LogP contribution >= 0.6 is 0 Å². The highest BCUT2D eigenvalue weighted by atomic mass is 16.3. The van der Waals surface area contributed by atoms with Gasteiger partial charge in [0.05, 0.1) is 6.04 Å². The number of benzene rings is 1. The number of nitrogens with zero attached hydrogens (tertiary/aromatic N) is 1. The number of hydrogen-bond donors (Lipinski definition) is 0. The van der Waals surface area contributed by atoms with E-state index in [2.05, 4.69) is 29.4 Å². The second-order valence-corrected chi connectivity index (χ2v) is 4.87. The monoisotopic (exact) mass is 201 g/mol. The standard InChI is InChI=1S/C13H15NO/c15-14-13-11-5-6-12(13)8-10-4-2-1-3-9(10)7-11/h1-4,11-13H,5-8H2. The summed E-state index contributed by atoms with van der Waals surface area (Å²) in [5, 5.41) is 3.37. The van der Waals surface area contributed by atoms with Gasteiger partial charge in [-0.05, 0) is 48.6 Å². The molecule has 1 saturated carbocycles. The number of nitroso groups, excluding NO2 is 1. The molecule has 0 saturated heterocycles. The fourth-order valence-electron chi connectivity index (χ4n) is 3.29. The van der Waals surface area contributed by atoms with Crippen molar-refractivity contribution in [3.05, 3.63) is 40.3 Å². The molecule has 2 nitrogen and oxygen atoms in total. The molecule has 2 bridgehead atoms. The minimum atomic E-state index is 0.0809. The molecule has 3 rings (SSSR count). The molecule has 0 heterocycles. The fraction of sp³-hybridized carbons (Fsp3) is 0.538. The van der Waals surface area contributed by atoms with Gasteiger partial charge >= 0.3 is 0 Å². The van der Waals surface area contributed by atoms with E-state index in [0.29, 0.717) is 11.8 Å². The summed E-state index contributed by atoms with van der Waals surface area (Å²) in [4.78, 5) is 10.9. The Labute approximate surface area is 89.7 Å². The Morgan fingerprint density at radius 1 is 1.00 bits per heavy atom. The van der Waals surface area contributed by atoms with E-state index >= 15 is 0 Å². The van der Waals surface area contributed by atoms with Gasteiger partial charge in [0, 0.05) is 0 Å². The number of hydrogen-bond acceptors (Lipinski definition) is 2. The molecule has 1 aromatic carbocycles. The fourth-order valence-corrected chi connectivity index (χ4v) is 3.29. The van der Waals surface area contributed by atoms with Gasteiger partial charge in [-0.3, -0.25) is 0 Å². The highest BCUT2D eigenvalue weighted by Crippen LogP contribution is 2.41. The second-order valence-electron chi connectivity index (χ2n) is 4.87. The molecule has 0 aliphatic heterocycles. The molecule has 2 aliphatic rings. The highest BCUT2D eigenvalue weighted by Gasteiger charge is 2.39. The van der Waals surface area contributed by atoms with E-state index in [9.17, 15) is 4.91 Å². The van der Waals surface area contributed by atoms with Crippen LogP contribution < -0.4 is 0 Å². The molecule has 2 aliphatic carbocycles. The van der Waals surface area contributed by atoms with E-state index in [4.69, 9.17) is 0 Å². The molecular formula is C13H15NO. The Hall–Kier alpha value is -1.18. The topological polar surface area (TPSA) is 29.4 Å². The lowest BCUT2D eigenvalue weighted by atomic mass is 9.94. The molecule has 0 amide bonds. The first-order valence-corrected chi connectivity index (χ1v) is 5.77. The molecule has 2 unspecified atom stereocenters. The SMILES string of the molecule is O=NC1C2CCC1Cc1ccccc1C2. The van der Waals surface area contributed by atoms with Crippen molar-refractivity contribution < 1.29 is 0 Å². The van der Waals surface area contributed by atoms with Crippen LogP contribution in [0.1, 0.15) is 24.0 Å². The predicted octanol–water partition coefficient (Wildman–Crippen LogP) is 2.95. The van der Waals surface area contributed by atoms with Crippen molar-refractivity contribution in [2.75, 3.05) is 0 Å². The summed E-state index contributed by atoms with van der Waals surface area (Å²) in [6.45, 7) is 0. The maximum atomic E-state index is 10.9. The van der Waals surface area contributed by atoms with Crippen molar-refractivity contribution in [2.45, 2.75) is 31.7 Å². The zero-order valence-electron chi connectivity index (χ0n) is 8.73. The molecular weight excluding hydrogens is 186 g/mol. The zero-order chi connectivity index (χ0) is 10.3. The van der Waals surface area contributed by atoms with Gasteiger partial charge in [-0.1, -0.05) is 29.4 Å². The van der Waals surface area contributed by atoms with Crippen LogP contribution in [0.4, 0.5) is 0 Å². The van der Waals surface area contributed by atoms with Crippen molar-refractivity contribution in [2.24, 2.45) is 17.0 Å². The molecule has 0 radical (unpaired) electrons. The summed E-state index contributed by atoms with van der Waals surface area (Å²) < 4.78 is 0. The normalized spacial score (nSPS) is 33.2. The van der Waals surface area contributed by atoms with Crippen LogP contribution in [0.3, 0.4) is 0 Å². The molecule has 78 valence electrons. The number of rotatable bonds is 1. The minimum Gasteiger partial charge on any atom is -0.150 e. The molecule has 1 aromatic rings. The van der Waals surface area contributed by atoms with Gasteiger partial charge < -0.3 is 0 Å². The molecule has 0 aromatic heterocycles. The summed E-state index contributed by atoms with van der Waals surface area (Å²) in [6.07, 6.45) is 4.50. The van der Waals surface area contributed by atoms with E-state index in [1.165, 1.54) is 24.0 Å². The third kappa shape index (κ3) is 1.39. The first-order chi connectivity index (χ1) is 7.38. The van der Waals surface area contributed by atoms with Crippen LogP contribution in [0.15, 0.2) is 29.4 Å². The Morgan fingerprint density at radius 3 is 2.00 bits per heavy atom. The van der Waals surface area contributed by atoms with Crippen molar-refractivity contribution in [1.82, 2.24) is 0 Å². The Kier molecular flexibility index (Phi) is 2.08. The maximum absolute atomic E-state index is 10.9. The van der Waals surface area contributed by atoms with Crippen molar-refractivity contribution in [3.8, 4) is 0 Å². The van der Waals surface area contributed by atoms with Gasteiger partial charge in [-0.15, -0.1) is 0 Å². The predicted molar refractivity (Wildman–Crippen MR) is 59.6 cm³/mol. The van der Waals surface area contributed by atoms with E-state index in [1.54, 1.807) is 0 Å². The maximum Gasteiger partial charge on any atom is 0.0982 e. The first kappa shape index (κ1) is 9.08. The molecule has 2 atom stereocenters. The third-order valence-corrected chi connectivity index (χ3v) is 4.08. The van der Waals surface area contributed by atoms with E-state index in [-0.39, 0.29) is 6.04 Å². The van der Waals surface area contributed by atoms with Crippen LogP contribution in [0.5, 0.6) is 0 Å². The third-order valence-electron chi connectivity index (χ3n) is 4.08. The minimum absolute atomic E-state index is 0.0809. The van der Waals surface area contributed by atoms with Crippen LogP contribution in [0.25, 0.3) is 0 Å². The van der Waals surface area contributed by atoms with E-state index < -0.39 is 0 Å². The van der Waals surface area contributed by atoms with Crippen molar-refractivity contribution in [3.63, 3.8) is 0 Å². The highest BCUT2D eigenvalue weighted by molar-refractivity contribution is 5.30. The smallest absolute Gasteiger partial charge is 0.0982 e. The molecule has 1 fully saturated rings. The van der Waals surface area contributed by atoms with Crippen molar-refractivity contribution in [1.29, 1.82) is 0 Å². The summed E-state index contributed by atoms with van der Waals surface area (Å²) in [7, 11) is 0. The summed E-state index contributed by atoms with van der Waals surface area (Å²) in [6, 6.07) is 8.69. The Morgan fingerprint density at radius 2 is 1.53 bits per heavy atom. The van der Waals surface area contributed by atoms with E-state index in [0.717, 1.165) is 12.8 Å². The average Bonchev–Trinajstić information content (AvgIpc) is 2.54. The van der Waals surface area contributed by atoms with Crippen LogP contribution in [0, 0.1) is 16.7 Å². The van der Waals surface area contributed by atoms with Gasteiger partial charge in [0.15, 0.2) is 0 Å². The summed E-state index contributed by atoms with van der Waals surface area (Å²) >= 11 is 0. The average molecular weight is 201 g/mol. The Balaban J connectivity index is 2.00. The number of fused-ring (bicyclic) bond motifs is 3. The molecule has 0 N–H and O–H groups in total. The molecule has 0 spiro atoms. The van der Waals surface area contributed by atoms with Crippen molar-refractivity contribution >= 4 is 0 Å². The first-order valence-electron chi connectivity index (χ1n) is 5.77. The van der Waals surface area contributed by atoms with Crippen LogP contribution in [-0.4, -0.2) is 6.04 Å². The quantitative estimate of drug-likeness (QED) is 0.642. The zero-order valence-corrected chi connectivity index (χ0v) is 8.73. The van der Waals surface area contributed by atoms with E-state index in [1.807, 2.05) is 0 Å². The lowest BCUT2D eigenvalue weighted by Crippen LogP contribution is -2.18. The summed E-state index contributed by atoms with van der Waals surface area (Å²) in [5.41, 5.74) is 2.89.